The summed E-state index contributed by atoms with van der Waals surface area (Å²) in [6.07, 6.45) is 9.43. The summed E-state index contributed by atoms with van der Waals surface area (Å²) in [6.45, 7) is 0. The summed E-state index contributed by atoms with van der Waals surface area (Å²) in [5.74, 6) is 0.330. The Hall–Kier alpha value is -1.63. The van der Waals surface area contributed by atoms with Crippen LogP contribution in [-0.2, 0) is 25.7 Å². The number of hydrogen-bond donors (Lipinski definition) is 0. The Labute approximate surface area is 143 Å². The normalized spacial score (nSPS) is 17.9. The average molecular weight is 365 g/mol. The van der Waals surface area contributed by atoms with E-state index in [0.717, 1.165) is 16.5 Å². The van der Waals surface area contributed by atoms with E-state index in [9.17, 15) is 4.79 Å². The zero-order valence-electron chi connectivity index (χ0n) is 13.0. The van der Waals surface area contributed by atoms with Crippen LogP contribution in [0.1, 0.15) is 51.0 Å². The second kappa shape index (κ2) is 5.19. The van der Waals surface area contributed by atoms with Crippen molar-refractivity contribution in [3.63, 3.8) is 0 Å². The predicted octanol–water partition coefficient (Wildman–Crippen LogP) is 3.23. The van der Waals surface area contributed by atoms with Crippen molar-refractivity contribution in [2.24, 2.45) is 0 Å². The molecule has 2 aromatic rings. The molecule has 0 N–H and O–H groups in total. The summed E-state index contributed by atoms with van der Waals surface area (Å²) in [5.41, 5.74) is 8.45. The van der Waals surface area contributed by atoms with E-state index in [2.05, 4.69) is 30.3 Å². The maximum absolute atomic E-state index is 13.1. The van der Waals surface area contributed by atoms with Crippen LogP contribution >= 0.6 is 0 Å². The molecule has 2 aromatic carbocycles. The molecule has 1 nitrogen and oxygen atoms in total. The fourth-order valence-corrected chi connectivity index (χ4v) is 6.40. The van der Waals surface area contributed by atoms with Gasteiger partial charge in [-0.2, -0.15) is 0 Å². The molecule has 3 aliphatic carbocycles. The van der Waals surface area contributed by atoms with Gasteiger partial charge in [0.1, 0.15) is 0 Å². The number of hydrogen-bond acceptors (Lipinski definition) is 1. The minimum absolute atomic E-state index is 0.119. The van der Waals surface area contributed by atoms with Gasteiger partial charge in [-0.15, -0.1) is 0 Å². The molecule has 23 heavy (non-hydrogen) atoms. The number of ketones is 1. The number of carbonyl (C=O) groups excluding carboxylic acids is 1. The Morgan fingerprint density at radius 3 is 2.22 bits per heavy atom. The van der Waals surface area contributed by atoms with Gasteiger partial charge in [0, 0.05) is 0 Å². The van der Waals surface area contributed by atoms with E-state index in [4.69, 9.17) is 0 Å². The van der Waals surface area contributed by atoms with Gasteiger partial charge in [-0.3, -0.25) is 0 Å². The van der Waals surface area contributed by atoms with Gasteiger partial charge in [-0.25, -0.2) is 0 Å². The molecular weight excluding hydrogens is 347 g/mol. The van der Waals surface area contributed by atoms with Crippen LogP contribution < -0.4 is 4.46 Å². The van der Waals surface area contributed by atoms with Gasteiger partial charge in [0.05, 0.1) is 0 Å². The van der Waals surface area contributed by atoms with Crippen molar-refractivity contribution < 1.29 is 4.79 Å². The number of carbonyl (C=O) groups is 1. The Balaban J connectivity index is 1.64. The van der Waals surface area contributed by atoms with Crippen LogP contribution in [0.25, 0.3) is 6.08 Å². The monoisotopic (exact) mass is 366 g/mol. The Kier molecular flexibility index (Phi) is 3.11. The van der Waals surface area contributed by atoms with E-state index in [-0.39, 0.29) is 15.0 Å². The van der Waals surface area contributed by atoms with Crippen molar-refractivity contribution >= 4 is 31.3 Å². The molecule has 0 saturated carbocycles. The minimum atomic E-state index is 0.119. The Morgan fingerprint density at radius 2 is 1.43 bits per heavy atom. The van der Waals surface area contributed by atoms with Gasteiger partial charge in [0.15, 0.2) is 0 Å². The van der Waals surface area contributed by atoms with Crippen LogP contribution in [0.5, 0.6) is 0 Å². The fourth-order valence-electron chi connectivity index (χ4n) is 4.47. The number of allylic oxidation sites excluding steroid dienone is 1. The van der Waals surface area contributed by atoms with E-state index in [0.29, 0.717) is 5.78 Å². The summed E-state index contributed by atoms with van der Waals surface area (Å²) < 4.78 is 2.34. The van der Waals surface area contributed by atoms with Gasteiger partial charge >= 0.3 is 143 Å². The molecule has 114 valence electrons. The van der Waals surface area contributed by atoms with E-state index < -0.39 is 0 Å². The van der Waals surface area contributed by atoms with Crippen LogP contribution in [0.4, 0.5) is 0 Å². The second-order valence-corrected chi connectivity index (χ2v) is 9.00. The molecule has 0 amide bonds. The van der Waals surface area contributed by atoms with Crippen molar-refractivity contribution in [1.82, 2.24) is 0 Å². The standard InChI is InChI=1S/C21H18OSe/c22-21-19(23-13-6-2-1-3-7-13)12-18-16-10-4-8-14(16)15-9-5-11-17(15)20(18)21/h1-3,6-7,12H,4-5,8-11H2. The summed E-state index contributed by atoms with van der Waals surface area (Å²) >= 11 is 0.119. The molecule has 0 saturated heterocycles. The molecule has 0 bridgehead atoms. The molecule has 2 heteroatoms. The summed E-state index contributed by atoms with van der Waals surface area (Å²) in [7, 11) is 0. The molecule has 0 heterocycles. The zero-order chi connectivity index (χ0) is 15.4. The van der Waals surface area contributed by atoms with Crippen molar-refractivity contribution in [3.05, 3.63) is 68.2 Å². The molecule has 0 fully saturated rings. The Morgan fingerprint density at radius 1 is 0.783 bits per heavy atom. The third-order valence-corrected chi connectivity index (χ3v) is 7.56. The van der Waals surface area contributed by atoms with Crippen LogP contribution in [0.2, 0.25) is 0 Å². The molecule has 0 spiro atoms. The molecule has 5 rings (SSSR count). The van der Waals surface area contributed by atoms with E-state index in [1.165, 1.54) is 53.3 Å². The zero-order valence-corrected chi connectivity index (χ0v) is 14.7. The molecule has 0 unspecified atom stereocenters. The van der Waals surface area contributed by atoms with Crippen molar-refractivity contribution in [2.75, 3.05) is 0 Å². The van der Waals surface area contributed by atoms with Crippen LogP contribution in [0.15, 0.2) is 34.8 Å². The van der Waals surface area contributed by atoms with Gasteiger partial charge in [0.25, 0.3) is 0 Å². The summed E-state index contributed by atoms with van der Waals surface area (Å²) in [6, 6.07) is 10.5. The molecule has 3 aliphatic rings. The third-order valence-electron chi connectivity index (χ3n) is 5.39. The Bertz CT molecular complexity index is 861. The van der Waals surface area contributed by atoms with Gasteiger partial charge in [-0.05, 0) is 0 Å². The molecule has 0 radical (unpaired) electrons. The molecule has 0 aromatic heterocycles. The number of benzene rings is 2. The summed E-state index contributed by atoms with van der Waals surface area (Å²) in [4.78, 5) is 13.1. The molecular formula is C21H18OSe. The summed E-state index contributed by atoms with van der Waals surface area (Å²) in [5, 5.41) is 0. The molecule has 0 atom stereocenters. The average Bonchev–Trinajstić information content (AvgIpc) is 3.27. The van der Waals surface area contributed by atoms with Crippen molar-refractivity contribution in [3.8, 4) is 0 Å². The third kappa shape index (κ3) is 2.02. The van der Waals surface area contributed by atoms with Gasteiger partial charge in [0.2, 0.25) is 0 Å². The number of fused-ring (bicyclic) bond motifs is 6. The predicted molar refractivity (Wildman–Crippen MR) is 94.6 cm³/mol. The fraction of sp³-hybridized carbons (Fsp3) is 0.286. The number of rotatable bonds is 2. The first-order valence-electron chi connectivity index (χ1n) is 8.51. The second-order valence-electron chi connectivity index (χ2n) is 6.66. The van der Waals surface area contributed by atoms with Crippen LogP contribution in [0, 0.1) is 0 Å². The van der Waals surface area contributed by atoms with Crippen LogP contribution in [0.3, 0.4) is 0 Å². The number of Topliss-reactive ketones (excluding diaryl/α,β-unsaturated/α-hetero) is 1. The van der Waals surface area contributed by atoms with Crippen LogP contribution in [-0.4, -0.2) is 20.7 Å². The first-order valence-corrected chi connectivity index (χ1v) is 10.2. The SMILES string of the molecule is O=C1C([Se]c2ccccc2)=Cc2c3c(c4c(c21)CCC4)CCC3. The maximum atomic E-state index is 13.1. The van der Waals surface area contributed by atoms with Crippen molar-refractivity contribution in [2.45, 2.75) is 38.5 Å². The van der Waals surface area contributed by atoms with E-state index >= 15 is 0 Å². The van der Waals surface area contributed by atoms with Gasteiger partial charge in [-0.1, -0.05) is 0 Å². The first kappa shape index (κ1) is 13.8. The quantitative estimate of drug-likeness (QED) is 0.747. The van der Waals surface area contributed by atoms with Gasteiger partial charge < -0.3 is 0 Å². The first-order chi connectivity index (χ1) is 11.3. The van der Waals surface area contributed by atoms with Crippen molar-refractivity contribution in [1.29, 1.82) is 0 Å². The topological polar surface area (TPSA) is 17.1 Å². The van der Waals surface area contributed by atoms with E-state index in [1.54, 1.807) is 11.1 Å². The molecule has 0 aliphatic heterocycles. The van der Waals surface area contributed by atoms with E-state index in [1.807, 2.05) is 6.07 Å².